The molecule has 0 bridgehead atoms. The average molecular weight is 275 g/mol. The number of carbonyl (C=O) groups excluding carboxylic acids is 1. The molecule has 1 amide bonds. The summed E-state index contributed by atoms with van der Waals surface area (Å²) < 4.78 is 15.8. The van der Waals surface area contributed by atoms with Gasteiger partial charge < -0.3 is 19.2 Å². The SMILES string of the molecule is CCc1ccc(C(=O)Nc2cc(OC)ccc2OC)o1. The van der Waals surface area contributed by atoms with E-state index in [-0.39, 0.29) is 11.7 Å². The highest BCUT2D eigenvalue weighted by Gasteiger charge is 2.14. The Labute approximate surface area is 117 Å². The topological polar surface area (TPSA) is 60.7 Å². The minimum Gasteiger partial charge on any atom is -0.497 e. The maximum Gasteiger partial charge on any atom is 0.291 e. The Morgan fingerprint density at radius 1 is 1.20 bits per heavy atom. The summed E-state index contributed by atoms with van der Waals surface area (Å²) in [5.41, 5.74) is 0.534. The van der Waals surface area contributed by atoms with Crippen molar-refractivity contribution in [3.05, 3.63) is 41.9 Å². The molecule has 20 heavy (non-hydrogen) atoms. The number of nitrogens with one attached hydrogen (secondary N) is 1. The van der Waals surface area contributed by atoms with Crippen LogP contribution in [0.4, 0.5) is 5.69 Å². The van der Waals surface area contributed by atoms with Crippen LogP contribution < -0.4 is 14.8 Å². The third-order valence-corrected chi connectivity index (χ3v) is 2.89. The molecule has 0 saturated carbocycles. The Balaban J connectivity index is 2.21. The van der Waals surface area contributed by atoms with E-state index >= 15 is 0 Å². The number of ether oxygens (including phenoxy) is 2. The molecule has 0 unspecified atom stereocenters. The molecule has 0 radical (unpaired) electrons. The lowest BCUT2D eigenvalue weighted by Gasteiger charge is -2.10. The van der Waals surface area contributed by atoms with Crippen LogP contribution in [0.5, 0.6) is 11.5 Å². The lowest BCUT2D eigenvalue weighted by atomic mass is 10.2. The lowest BCUT2D eigenvalue weighted by molar-refractivity contribution is 0.0994. The molecule has 0 aliphatic rings. The van der Waals surface area contributed by atoms with E-state index in [1.807, 2.05) is 6.92 Å². The summed E-state index contributed by atoms with van der Waals surface area (Å²) in [7, 11) is 3.10. The van der Waals surface area contributed by atoms with Gasteiger partial charge in [-0.25, -0.2) is 0 Å². The fraction of sp³-hybridized carbons (Fsp3) is 0.267. The van der Waals surface area contributed by atoms with Gasteiger partial charge in [0.1, 0.15) is 17.3 Å². The standard InChI is InChI=1S/C15H17NO4/c1-4-10-5-8-14(20-10)15(17)16-12-9-11(18-2)6-7-13(12)19-3/h5-9H,4H2,1-3H3,(H,16,17). The number of carbonyl (C=O) groups is 1. The molecular weight excluding hydrogens is 258 g/mol. The second kappa shape index (κ2) is 6.14. The van der Waals surface area contributed by atoms with Crippen molar-refractivity contribution in [2.75, 3.05) is 19.5 Å². The van der Waals surface area contributed by atoms with Crippen LogP contribution in [0.15, 0.2) is 34.7 Å². The number of amides is 1. The van der Waals surface area contributed by atoms with Crippen LogP contribution in [0.2, 0.25) is 0 Å². The number of hydrogen-bond acceptors (Lipinski definition) is 4. The lowest BCUT2D eigenvalue weighted by Crippen LogP contribution is -2.11. The van der Waals surface area contributed by atoms with Crippen molar-refractivity contribution in [1.29, 1.82) is 0 Å². The number of methoxy groups -OCH3 is 2. The Morgan fingerprint density at radius 3 is 2.60 bits per heavy atom. The van der Waals surface area contributed by atoms with Crippen LogP contribution in [-0.4, -0.2) is 20.1 Å². The van der Waals surface area contributed by atoms with Crippen LogP contribution in [-0.2, 0) is 6.42 Å². The molecule has 0 aliphatic carbocycles. The quantitative estimate of drug-likeness (QED) is 0.910. The molecule has 5 nitrogen and oxygen atoms in total. The van der Waals surface area contributed by atoms with Crippen LogP contribution in [0.25, 0.3) is 0 Å². The fourth-order valence-corrected chi connectivity index (χ4v) is 1.79. The number of rotatable bonds is 5. The largest absolute Gasteiger partial charge is 0.497 e. The van der Waals surface area contributed by atoms with E-state index in [0.717, 1.165) is 12.2 Å². The summed E-state index contributed by atoms with van der Waals surface area (Å²) in [6.07, 6.45) is 0.746. The normalized spacial score (nSPS) is 10.2. The van der Waals surface area contributed by atoms with Crippen molar-refractivity contribution in [3.63, 3.8) is 0 Å². The second-order valence-corrected chi connectivity index (χ2v) is 4.14. The maximum absolute atomic E-state index is 12.1. The van der Waals surface area contributed by atoms with E-state index in [9.17, 15) is 4.79 Å². The van der Waals surface area contributed by atoms with E-state index in [0.29, 0.717) is 17.2 Å². The molecule has 5 heteroatoms. The summed E-state index contributed by atoms with van der Waals surface area (Å²) in [5, 5.41) is 2.75. The molecule has 1 heterocycles. The molecule has 106 valence electrons. The molecule has 0 saturated heterocycles. The highest BCUT2D eigenvalue weighted by atomic mass is 16.5. The van der Waals surface area contributed by atoms with E-state index in [1.165, 1.54) is 0 Å². The van der Waals surface area contributed by atoms with Gasteiger partial charge in [-0.1, -0.05) is 6.92 Å². The first kappa shape index (κ1) is 14.0. The number of aryl methyl sites for hydroxylation is 1. The smallest absolute Gasteiger partial charge is 0.291 e. The number of benzene rings is 1. The Bertz CT molecular complexity index is 604. The van der Waals surface area contributed by atoms with Crippen LogP contribution in [0, 0.1) is 0 Å². The van der Waals surface area contributed by atoms with Crippen LogP contribution >= 0.6 is 0 Å². The molecule has 2 rings (SSSR count). The molecular formula is C15H17NO4. The zero-order chi connectivity index (χ0) is 14.5. The van der Waals surface area contributed by atoms with E-state index < -0.39 is 0 Å². The molecule has 2 aromatic rings. The molecule has 1 aromatic carbocycles. The Kier molecular flexibility index (Phi) is 4.30. The van der Waals surface area contributed by atoms with Crippen molar-refractivity contribution in [1.82, 2.24) is 0 Å². The minimum absolute atomic E-state index is 0.270. The summed E-state index contributed by atoms with van der Waals surface area (Å²) >= 11 is 0. The van der Waals surface area contributed by atoms with Gasteiger partial charge in [-0.3, -0.25) is 4.79 Å². The van der Waals surface area contributed by atoms with Gasteiger partial charge in [-0.05, 0) is 24.3 Å². The first-order valence-corrected chi connectivity index (χ1v) is 6.30. The van der Waals surface area contributed by atoms with Gasteiger partial charge in [-0.2, -0.15) is 0 Å². The number of anilines is 1. The first-order chi connectivity index (χ1) is 9.67. The van der Waals surface area contributed by atoms with Crippen molar-refractivity contribution in [2.45, 2.75) is 13.3 Å². The fourth-order valence-electron chi connectivity index (χ4n) is 1.79. The van der Waals surface area contributed by atoms with Gasteiger partial charge in [0.15, 0.2) is 5.76 Å². The number of furan rings is 1. The van der Waals surface area contributed by atoms with Gasteiger partial charge in [0.25, 0.3) is 5.91 Å². The zero-order valence-electron chi connectivity index (χ0n) is 11.7. The minimum atomic E-state index is -0.323. The van der Waals surface area contributed by atoms with E-state index in [2.05, 4.69) is 5.32 Å². The third kappa shape index (κ3) is 2.93. The molecule has 0 atom stereocenters. The Morgan fingerprint density at radius 2 is 2.00 bits per heavy atom. The van der Waals surface area contributed by atoms with Gasteiger partial charge in [0.05, 0.1) is 19.9 Å². The summed E-state index contributed by atoms with van der Waals surface area (Å²) in [5.74, 6) is 1.91. The summed E-state index contributed by atoms with van der Waals surface area (Å²) in [6.45, 7) is 1.96. The average Bonchev–Trinajstić information content (AvgIpc) is 2.96. The van der Waals surface area contributed by atoms with E-state index in [1.54, 1.807) is 44.6 Å². The molecule has 0 fully saturated rings. The predicted octanol–water partition coefficient (Wildman–Crippen LogP) is 3.11. The second-order valence-electron chi connectivity index (χ2n) is 4.14. The highest BCUT2D eigenvalue weighted by Crippen LogP contribution is 2.29. The third-order valence-electron chi connectivity index (χ3n) is 2.89. The number of hydrogen-bond donors (Lipinski definition) is 1. The predicted molar refractivity (Wildman–Crippen MR) is 75.6 cm³/mol. The van der Waals surface area contributed by atoms with Crippen LogP contribution in [0.1, 0.15) is 23.2 Å². The van der Waals surface area contributed by atoms with Crippen molar-refractivity contribution >= 4 is 11.6 Å². The maximum atomic E-state index is 12.1. The molecule has 1 N–H and O–H groups in total. The zero-order valence-corrected chi connectivity index (χ0v) is 11.7. The van der Waals surface area contributed by atoms with Gasteiger partial charge in [0.2, 0.25) is 0 Å². The summed E-state index contributed by atoms with van der Waals surface area (Å²) in [4.78, 5) is 12.1. The highest BCUT2D eigenvalue weighted by molar-refractivity contribution is 6.03. The van der Waals surface area contributed by atoms with Crippen molar-refractivity contribution < 1.29 is 18.7 Å². The van der Waals surface area contributed by atoms with Gasteiger partial charge in [0, 0.05) is 12.5 Å². The van der Waals surface area contributed by atoms with E-state index in [4.69, 9.17) is 13.9 Å². The first-order valence-electron chi connectivity index (χ1n) is 6.30. The molecule has 1 aromatic heterocycles. The Hall–Kier alpha value is -2.43. The van der Waals surface area contributed by atoms with Crippen molar-refractivity contribution in [2.24, 2.45) is 0 Å². The monoisotopic (exact) mass is 275 g/mol. The van der Waals surface area contributed by atoms with Gasteiger partial charge in [-0.15, -0.1) is 0 Å². The van der Waals surface area contributed by atoms with Crippen LogP contribution in [0.3, 0.4) is 0 Å². The summed E-state index contributed by atoms with van der Waals surface area (Å²) in [6, 6.07) is 8.63. The molecule has 0 spiro atoms. The van der Waals surface area contributed by atoms with Crippen molar-refractivity contribution in [3.8, 4) is 11.5 Å². The molecule has 0 aliphatic heterocycles. The van der Waals surface area contributed by atoms with Gasteiger partial charge >= 0.3 is 0 Å².